The number of amides is 1. The summed E-state index contributed by atoms with van der Waals surface area (Å²) >= 11 is 0. The van der Waals surface area contributed by atoms with Crippen molar-refractivity contribution in [3.05, 3.63) is 35.9 Å². The van der Waals surface area contributed by atoms with Gasteiger partial charge in [-0.15, -0.1) is 0 Å². The number of ether oxygens (including phenoxy) is 1. The number of hydrogen-bond donors (Lipinski definition) is 0. The van der Waals surface area contributed by atoms with Crippen LogP contribution in [-0.4, -0.2) is 71.7 Å². The highest BCUT2D eigenvalue weighted by Gasteiger charge is 2.46. The molecule has 1 aromatic rings. The molecule has 3 rings (SSSR count). The molecule has 0 saturated carbocycles. The van der Waals surface area contributed by atoms with Crippen molar-refractivity contribution in [2.75, 3.05) is 27.2 Å². The Kier molecular flexibility index (Phi) is 6.66. The Labute approximate surface area is 170 Å². The number of carbonyl (C=O) groups excluding carboxylic acids is 1. The SMILES string of the molecule is CN(C)CCN(Cc1ccccc1)C1CC2CCC(C1)N2C(=O)OC(C)(C)C. The van der Waals surface area contributed by atoms with Gasteiger partial charge < -0.3 is 14.5 Å². The summed E-state index contributed by atoms with van der Waals surface area (Å²) in [6.45, 7) is 8.92. The lowest BCUT2D eigenvalue weighted by Crippen LogP contribution is -2.54. The molecule has 2 fully saturated rings. The van der Waals surface area contributed by atoms with Gasteiger partial charge in [-0.3, -0.25) is 4.90 Å². The van der Waals surface area contributed by atoms with Gasteiger partial charge in [-0.25, -0.2) is 4.79 Å². The van der Waals surface area contributed by atoms with Crippen molar-refractivity contribution >= 4 is 6.09 Å². The topological polar surface area (TPSA) is 36.0 Å². The number of likely N-dealkylation sites (N-methyl/N-ethyl adjacent to an activating group) is 1. The fourth-order valence-electron chi connectivity index (χ4n) is 4.60. The van der Waals surface area contributed by atoms with Gasteiger partial charge in [0.25, 0.3) is 0 Å². The molecule has 2 aliphatic rings. The summed E-state index contributed by atoms with van der Waals surface area (Å²) in [4.78, 5) is 19.7. The molecule has 2 unspecified atom stereocenters. The summed E-state index contributed by atoms with van der Waals surface area (Å²) in [5.74, 6) is 0. The predicted molar refractivity (Wildman–Crippen MR) is 113 cm³/mol. The molecule has 2 saturated heterocycles. The van der Waals surface area contributed by atoms with Gasteiger partial charge in [0.2, 0.25) is 0 Å². The molecule has 5 nitrogen and oxygen atoms in total. The van der Waals surface area contributed by atoms with Gasteiger partial charge in [-0.2, -0.15) is 0 Å². The van der Waals surface area contributed by atoms with Crippen LogP contribution in [0.3, 0.4) is 0 Å². The molecule has 1 aromatic carbocycles. The Morgan fingerprint density at radius 2 is 1.68 bits per heavy atom. The van der Waals surface area contributed by atoms with Crippen LogP contribution in [0.15, 0.2) is 30.3 Å². The minimum atomic E-state index is -0.432. The normalized spacial score (nSPS) is 24.8. The molecule has 0 radical (unpaired) electrons. The molecule has 0 N–H and O–H groups in total. The second kappa shape index (κ2) is 8.83. The fourth-order valence-corrected chi connectivity index (χ4v) is 4.60. The molecule has 0 spiro atoms. The maximum absolute atomic E-state index is 12.7. The highest BCUT2D eigenvalue weighted by molar-refractivity contribution is 5.69. The molecule has 156 valence electrons. The highest BCUT2D eigenvalue weighted by atomic mass is 16.6. The molecule has 0 aliphatic carbocycles. The predicted octanol–water partition coefficient (Wildman–Crippen LogP) is 3.98. The van der Waals surface area contributed by atoms with E-state index in [-0.39, 0.29) is 6.09 Å². The zero-order valence-electron chi connectivity index (χ0n) is 18.2. The zero-order chi connectivity index (χ0) is 20.3. The van der Waals surface area contributed by atoms with Crippen molar-refractivity contribution in [1.29, 1.82) is 0 Å². The lowest BCUT2D eigenvalue weighted by molar-refractivity contribution is -0.00557. The number of carbonyl (C=O) groups is 1. The largest absolute Gasteiger partial charge is 0.444 e. The smallest absolute Gasteiger partial charge is 0.410 e. The number of piperidine rings is 1. The first-order chi connectivity index (χ1) is 13.2. The van der Waals surface area contributed by atoms with Crippen molar-refractivity contribution < 1.29 is 9.53 Å². The Hall–Kier alpha value is -1.59. The molecule has 28 heavy (non-hydrogen) atoms. The van der Waals surface area contributed by atoms with E-state index in [1.54, 1.807) is 0 Å². The number of nitrogens with zero attached hydrogens (tertiary/aromatic N) is 3. The van der Waals surface area contributed by atoms with E-state index >= 15 is 0 Å². The first-order valence-corrected chi connectivity index (χ1v) is 10.7. The van der Waals surface area contributed by atoms with E-state index in [9.17, 15) is 4.79 Å². The summed E-state index contributed by atoms with van der Waals surface area (Å²) in [5, 5.41) is 0. The monoisotopic (exact) mass is 387 g/mol. The summed E-state index contributed by atoms with van der Waals surface area (Å²) in [6, 6.07) is 11.9. The highest BCUT2D eigenvalue weighted by Crippen LogP contribution is 2.38. The summed E-state index contributed by atoms with van der Waals surface area (Å²) in [7, 11) is 4.27. The standard InChI is InChI=1S/C23H37N3O2/c1-23(2,3)28-22(27)26-19-11-12-20(26)16-21(15-19)25(14-13-24(4)5)17-18-9-7-6-8-10-18/h6-10,19-21H,11-17H2,1-5H3. The second-order valence-electron chi connectivity index (χ2n) is 9.66. The Balaban J connectivity index is 1.68. The van der Waals surface area contributed by atoms with Crippen LogP contribution in [-0.2, 0) is 11.3 Å². The van der Waals surface area contributed by atoms with Crippen LogP contribution in [0.4, 0.5) is 4.79 Å². The molecular weight excluding hydrogens is 350 g/mol. The van der Waals surface area contributed by atoms with Gasteiger partial charge in [0.15, 0.2) is 0 Å². The van der Waals surface area contributed by atoms with Gasteiger partial charge in [-0.05, 0) is 66.1 Å². The minimum absolute atomic E-state index is 0.124. The van der Waals surface area contributed by atoms with Crippen LogP contribution in [0.2, 0.25) is 0 Å². The van der Waals surface area contributed by atoms with Gasteiger partial charge >= 0.3 is 6.09 Å². The van der Waals surface area contributed by atoms with Crippen LogP contribution in [0.25, 0.3) is 0 Å². The molecule has 1 amide bonds. The number of fused-ring (bicyclic) bond motifs is 2. The minimum Gasteiger partial charge on any atom is -0.444 e. The summed E-state index contributed by atoms with van der Waals surface area (Å²) < 4.78 is 5.70. The molecular formula is C23H37N3O2. The van der Waals surface area contributed by atoms with Crippen molar-refractivity contribution in [1.82, 2.24) is 14.7 Å². The van der Waals surface area contributed by atoms with E-state index in [0.29, 0.717) is 18.1 Å². The van der Waals surface area contributed by atoms with E-state index in [2.05, 4.69) is 54.2 Å². The van der Waals surface area contributed by atoms with E-state index in [0.717, 1.165) is 45.3 Å². The van der Waals surface area contributed by atoms with Crippen molar-refractivity contribution in [2.24, 2.45) is 0 Å². The van der Waals surface area contributed by atoms with Crippen LogP contribution >= 0.6 is 0 Å². The Morgan fingerprint density at radius 3 is 2.21 bits per heavy atom. The molecule has 2 bridgehead atoms. The molecule has 2 heterocycles. The van der Waals surface area contributed by atoms with Crippen molar-refractivity contribution in [2.45, 2.75) is 76.7 Å². The van der Waals surface area contributed by atoms with Gasteiger partial charge in [0.1, 0.15) is 5.60 Å². The van der Waals surface area contributed by atoms with E-state index in [1.807, 2.05) is 25.7 Å². The molecule has 2 aliphatic heterocycles. The third-order valence-corrected chi connectivity index (χ3v) is 5.89. The van der Waals surface area contributed by atoms with E-state index in [1.165, 1.54) is 5.56 Å². The van der Waals surface area contributed by atoms with Crippen molar-refractivity contribution in [3.63, 3.8) is 0 Å². The number of benzene rings is 1. The van der Waals surface area contributed by atoms with Crippen molar-refractivity contribution in [3.8, 4) is 0 Å². The number of rotatable bonds is 6. The summed E-state index contributed by atoms with van der Waals surface area (Å²) in [5.41, 5.74) is 0.932. The van der Waals surface area contributed by atoms with E-state index < -0.39 is 5.60 Å². The lowest BCUT2D eigenvalue weighted by Gasteiger charge is -2.43. The maximum Gasteiger partial charge on any atom is 0.410 e. The average Bonchev–Trinajstić information content (AvgIpc) is 2.88. The molecule has 0 aromatic heterocycles. The van der Waals surface area contributed by atoms with E-state index in [4.69, 9.17) is 4.74 Å². The Morgan fingerprint density at radius 1 is 1.07 bits per heavy atom. The number of hydrogen-bond acceptors (Lipinski definition) is 4. The van der Waals surface area contributed by atoms with Gasteiger partial charge in [-0.1, -0.05) is 30.3 Å². The van der Waals surface area contributed by atoms with Crippen LogP contribution < -0.4 is 0 Å². The maximum atomic E-state index is 12.7. The average molecular weight is 388 g/mol. The third kappa shape index (κ3) is 5.48. The lowest BCUT2D eigenvalue weighted by atomic mass is 9.95. The second-order valence-corrected chi connectivity index (χ2v) is 9.66. The third-order valence-electron chi connectivity index (χ3n) is 5.89. The zero-order valence-corrected chi connectivity index (χ0v) is 18.2. The van der Waals surface area contributed by atoms with Crippen LogP contribution in [0.5, 0.6) is 0 Å². The molecule has 2 atom stereocenters. The van der Waals surface area contributed by atoms with Crippen LogP contribution in [0, 0.1) is 0 Å². The first kappa shape index (κ1) is 21.1. The summed E-state index contributed by atoms with van der Waals surface area (Å²) in [6.07, 6.45) is 4.19. The molecule has 5 heteroatoms. The van der Waals surface area contributed by atoms with Gasteiger partial charge in [0.05, 0.1) is 0 Å². The van der Waals surface area contributed by atoms with Crippen LogP contribution in [0.1, 0.15) is 52.0 Å². The first-order valence-electron chi connectivity index (χ1n) is 10.7. The van der Waals surface area contributed by atoms with Gasteiger partial charge in [0, 0.05) is 37.8 Å². The fraction of sp³-hybridized carbons (Fsp3) is 0.696. The quantitative estimate of drug-likeness (QED) is 0.740. The Bertz CT molecular complexity index is 627.